The average Bonchev–Trinajstić information content (AvgIpc) is 2.89. The van der Waals surface area contributed by atoms with Crippen LogP contribution in [0.2, 0.25) is 0 Å². The summed E-state index contributed by atoms with van der Waals surface area (Å²) in [5.41, 5.74) is 2.12. The standard InChI is InChI=1S/C14H11BrN3.BrH/c15-12-5-4-8-14(9-12)18-11-17(10-16-18)13-6-2-1-3-7-13;/h1-11H;1H/q+1;/p-1. The van der Waals surface area contributed by atoms with Crippen molar-refractivity contribution in [2.45, 2.75) is 0 Å². The van der Waals surface area contributed by atoms with Crippen LogP contribution in [0.3, 0.4) is 0 Å². The maximum atomic E-state index is 4.36. The molecule has 5 heteroatoms. The highest BCUT2D eigenvalue weighted by Crippen LogP contribution is 2.13. The molecule has 96 valence electrons. The first-order valence-electron chi connectivity index (χ1n) is 5.60. The fraction of sp³-hybridized carbons (Fsp3) is 0. The van der Waals surface area contributed by atoms with Crippen molar-refractivity contribution in [1.29, 1.82) is 0 Å². The SMILES string of the molecule is Brc1cccc(-n2c[n+](-c3ccccc3)cn2)c1.[Br-]. The number of aromatic nitrogens is 3. The molecule has 19 heavy (non-hydrogen) atoms. The summed E-state index contributed by atoms with van der Waals surface area (Å²) in [5, 5.41) is 4.36. The second-order valence-corrected chi connectivity index (χ2v) is 4.83. The zero-order chi connectivity index (χ0) is 12.4. The molecule has 0 amide bonds. The molecule has 0 atom stereocenters. The molecule has 3 rings (SSSR count). The van der Waals surface area contributed by atoms with Crippen molar-refractivity contribution in [3.8, 4) is 11.4 Å². The van der Waals surface area contributed by atoms with E-state index in [1.165, 1.54) is 0 Å². The van der Waals surface area contributed by atoms with Crippen LogP contribution < -0.4 is 21.5 Å². The van der Waals surface area contributed by atoms with E-state index in [2.05, 4.69) is 21.0 Å². The zero-order valence-corrected chi connectivity index (χ0v) is 13.1. The Kier molecular flexibility index (Phi) is 4.50. The lowest BCUT2D eigenvalue weighted by atomic mass is 10.3. The van der Waals surface area contributed by atoms with Crippen LogP contribution >= 0.6 is 15.9 Å². The van der Waals surface area contributed by atoms with Crippen LogP contribution in [0.25, 0.3) is 11.4 Å². The van der Waals surface area contributed by atoms with Crippen LogP contribution in [0.15, 0.2) is 71.7 Å². The summed E-state index contributed by atoms with van der Waals surface area (Å²) in [4.78, 5) is 0. The lowest BCUT2D eigenvalue weighted by Gasteiger charge is -1.95. The molecular formula is C14H11Br2N3. The Morgan fingerprint density at radius 1 is 1.00 bits per heavy atom. The lowest BCUT2D eigenvalue weighted by Crippen LogP contribution is -3.00. The van der Waals surface area contributed by atoms with Gasteiger partial charge in [0.15, 0.2) is 0 Å². The number of nitrogens with zero attached hydrogens (tertiary/aromatic N) is 3. The first kappa shape index (κ1) is 14.0. The van der Waals surface area contributed by atoms with Gasteiger partial charge in [0.05, 0.1) is 0 Å². The third kappa shape index (κ3) is 3.11. The Morgan fingerprint density at radius 2 is 1.79 bits per heavy atom. The highest BCUT2D eigenvalue weighted by atomic mass is 79.9. The van der Waals surface area contributed by atoms with E-state index in [1.54, 1.807) is 6.33 Å². The largest absolute Gasteiger partial charge is 1.00 e. The van der Waals surface area contributed by atoms with Crippen molar-refractivity contribution in [1.82, 2.24) is 9.78 Å². The van der Waals surface area contributed by atoms with Crippen molar-refractivity contribution in [3.05, 3.63) is 71.7 Å². The van der Waals surface area contributed by atoms with Gasteiger partial charge >= 0.3 is 0 Å². The third-order valence-corrected chi connectivity index (χ3v) is 3.15. The summed E-state index contributed by atoms with van der Waals surface area (Å²) in [6, 6.07) is 18.2. The van der Waals surface area contributed by atoms with Gasteiger partial charge in [-0.2, -0.15) is 0 Å². The molecule has 0 spiro atoms. The summed E-state index contributed by atoms with van der Waals surface area (Å²) in [6.07, 6.45) is 3.76. The summed E-state index contributed by atoms with van der Waals surface area (Å²) in [5.74, 6) is 0. The van der Waals surface area contributed by atoms with Gasteiger partial charge in [-0.1, -0.05) is 44.9 Å². The summed E-state index contributed by atoms with van der Waals surface area (Å²) in [6.45, 7) is 0. The fourth-order valence-electron chi connectivity index (χ4n) is 1.77. The molecule has 0 aliphatic rings. The molecular weight excluding hydrogens is 370 g/mol. The van der Waals surface area contributed by atoms with E-state index in [-0.39, 0.29) is 17.0 Å². The maximum absolute atomic E-state index is 4.36. The van der Waals surface area contributed by atoms with Gasteiger partial charge in [-0.05, 0) is 30.3 Å². The molecule has 2 aromatic carbocycles. The number of para-hydroxylation sites is 1. The number of rotatable bonds is 2. The molecule has 0 bridgehead atoms. The van der Waals surface area contributed by atoms with Gasteiger partial charge < -0.3 is 17.0 Å². The first-order chi connectivity index (χ1) is 8.83. The van der Waals surface area contributed by atoms with E-state index in [4.69, 9.17) is 0 Å². The molecule has 0 aliphatic carbocycles. The van der Waals surface area contributed by atoms with Gasteiger partial charge in [-0.25, -0.2) is 4.57 Å². The van der Waals surface area contributed by atoms with Gasteiger partial charge in [-0.3, -0.25) is 0 Å². The summed E-state index contributed by atoms with van der Waals surface area (Å²) >= 11 is 3.46. The van der Waals surface area contributed by atoms with Crippen molar-refractivity contribution in [2.24, 2.45) is 0 Å². The van der Waals surface area contributed by atoms with E-state index < -0.39 is 0 Å². The van der Waals surface area contributed by atoms with Crippen LogP contribution in [0.4, 0.5) is 0 Å². The van der Waals surface area contributed by atoms with Crippen LogP contribution in [0.5, 0.6) is 0 Å². The molecule has 0 fully saturated rings. The van der Waals surface area contributed by atoms with Crippen molar-refractivity contribution < 1.29 is 21.5 Å². The minimum absolute atomic E-state index is 0. The number of halogens is 2. The fourth-order valence-corrected chi connectivity index (χ4v) is 2.16. The average molecular weight is 381 g/mol. The Balaban J connectivity index is 0.00000133. The van der Waals surface area contributed by atoms with Gasteiger partial charge in [-0.15, -0.1) is 0 Å². The number of hydrogen-bond acceptors (Lipinski definition) is 1. The minimum atomic E-state index is 0. The molecule has 0 N–H and O–H groups in total. The van der Waals surface area contributed by atoms with Gasteiger partial charge in [0.1, 0.15) is 11.4 Å². The van der Waals surface area contributed by atoms with Crippen LogP contribution in [-0.4, -0.2) is 9.78 Å². The molecule has 0 radical (unpaired) electrons. The summed E-state index contributed by atoms with van der Waals surface area (Å²) < 4.78 is 4.88. The molecule has 0 saturated heterocycles. The van der Waals surface area contributed by atoms with Crippen LogP contribution in [0.1, 0.15) is 0 Å². The topological polar surface area (TPSA) is 21.7 Å². The molecule has 1 aromatic heterocycles. The maximum Gasteiger partial charge on any atom is 0.270 e. The second kappa shape index (κ2) is 6.12. The predicted octanol–water partition coefficient (Wildman–Crippen LogP) is -0.0845. The number of benzene rings is 2. The Bertz CT molecular complexity index is 665. The predicted molar refractivity (Wildman–Crippen MR) is 72.8 cm³/mol. The van der Waals surface area contributed by atoms with Gasteiger partial charge in [0.25, 0.3) is 6.33 Å². The quantitative estimate of drug-likeness (QED) is 0.570. The van der Waals surface area contributed by atoms with Crippen LogP contribution in [0, 0.1) is 0 Å². The molecule has 0 unspecified atom stereocenters. The minimum Gasteiger partial charge on any atom is -1.00 e. The van der Waals surface area contributed by atoms with Crippen molar-refractivity contribution >= 4 is 15.9 Å². The zero-order valence-electron chi connectivity index (χ0n) is 9.95. The molecule has 3 aromatic rings. The van der Waals surface area contributed by atoms with Crippen LogP contribution in [-0.2, 0) is 0 Å². The first-order valence-corrected chi connectivity index (χ1v) is 6.39. The normalized spacial score (nSPS) is 9.95. The van der Waals surface area contributed by atoms with E-state index >= 15 is 0 Å². The highest BCUT2D eigenvalue weighted by Gasteiger charge is 2.09. The molecule has 0 aliphatic heterocycles. The molecule has 3 nitrogen and oxygen atoms in total. The highest BCUT2D eigenvalue weighted by molar-refractivity contribution is 9.10. The van der Waals surface area contributed by atoms with Gasteiger partial charge in [0, 0.05) is 9.57 Å². The molecule has 1 heterocycles. The van der Waals surface area contributed by atoms with Gasteiger partial charge in [0.2, 0.25) is 6.33 Å². The van der Waals surface area contributed by atoms with E-state index in [1.807, 2.05) is 70.2 Å². The monoisotopic (exact) mass is 379 g/mol. The smallest absolute Gasteiger partial charge is 0.270 e. The number of hydrogen-bond donors (Lipinski definition) is 0. The third-order valence-electron chi connectivity index (χ3n) is 2.66. The van der Waals surface area contributed by atoms with Crippen molar-refractivity contribution in [3.63, 3.8) is 0 Å². The lowest BCUT2D eigenvalue weighted by molar-refractivity contribution is -0.596. The Hall–Kier alpha value is -1.46. The summed E-state index contributed by atoms with van der Waals surface area (Å²) in [7, 11) is 0. The van der Waals surface area contributed by atoms with E-state index in [9.17, 15) is 0 Å². The molecule has 0 saturated carbocycles. The van der Waals surface area contributed by atoms with Crippen molar-refractivity contribution in [2.75, 3.05) is 0 Å². The second-order valence-electron chi connectivity index (χ2n) is 3.91. The Labute approximate surface area is 130 Å². The van der Waals surface area contributed by atoms with E-state index in [0.29, 0.717) is 0 Å². The Morgan fingerprint density at radius 3 is 2.53 bits per heavy atom. The van der Waals surface area contributed by atoms with E-state index in [0.717, 1.165) is 15.8 Å².